The molecule has 4 rings (SSSR count). The van der Waals surface area contributed by atoms with Gasteiger partial charge in [-0.1, -0.05) is 18.6 Å². The standard InChI is InChI=1S/C25H33N3O2/c29-25(22-9-5-12-26-19-22)20-28-16-6-11-24(28)21-8-4-10-23(18-21)30-17-7-15-27-13-2-1-3-14-27/h4-5,8-10,12,18-19,24H,1-3,6-7,11,13-17,20H2. The van der Waals surface area contributed by atoms with Crippen LogP contribution in [0.25, 0.3) is 0 Å². The van der Waals surface area contributed by atoms with Crippen molar-refractivity contribution in [1.82, 2.24) is 14.8 Å². The first-order valence-electron chi connectivity index (χ1n) is 11.4. The van der Waals surface area contributed by atoms with Crippen LogP contribution in [-0.4, -0.2) is 59.9 Å². The molecule has 1 aromatic carbocycles. The predicted molar refractivity (Wildman–Crippen MR) is 119 cm³/mol. The molecule has 0 N–H and O–H groups in total. The highest BCUT2D eigenvalue weighted by Gasteiger charge is 2.28. The van der Waals surface area contributed by atoms with Crippen LogP contribution in [0.5, 0.6) is 5.75 Å². The number of hydrogen-bond acceptors (Lipinski definition) is 5. The van der Waals surface area contributed by atoms with Gasteiger partial charge in [0.15, 0.2) is 5.78 Å². The fourth-order valence-electron chi connectivity index (χ4n) is 4.67. The van der Waals surface area contributed by atoms with Crippen molar-refractivity contribution < 1.29 is 9.53 Å². The topological polar surface area (TPSA) is 45.7 Å². The highest BCUT2D eigenvalue weighted by Crippen LogP contribution is 2.33. The van der Waals surface area contributed by atoms with Crippen LogP contribution >= 0.6 is 0 Å². The maximum Gasteiger partial charge on any atom is 0.178 e. The maximum absolute atomic E-state index is 12.6. The molecule has 3 heterocycles. The summed E-state index contributed by atoms with van der Waals surface area (Å²) < 4.78 is 6.06. The first kappa shape index (κ1) is 21.0. The molecule has 160 valence electrons. The molecule has 2 saturated heterocycles. The van der Waals surface area contributed by atoms with E-state index in [1.807, 2.05) is 18.2 Å². The lowest BCUT2D eigenvalue weighted by molar-refractivity contribution is 0.0921. The lowest BCUT2D eigenvalue weighted by atomic mass is 10.0. The van der Waals surface area contributed by atoms with Gasteiger partial charge in [-0.15, -0.1) is 0 Å². The number of benzene rings is 1. The van der Waals surface area contributed by atoms with Crippen molar-refractivity contribution in [2.75, 3.05) is 39.3 Å². The lowest BCUT2D eigenvalue weighted by Gasteiger charge is -2.26. The van der Waals surface area contributed by atoms with E-state index in [0.717, 1.165) is 44.7 Å². The van der Waals surface area contributed by atoms with Crippen LogP contribution in [0.4, 0.5) is 0 Å². The van der Waals surface area contributed by atoms with Gasteiger partial charge < -0.3 is 9.64 Å². The number of nitrogens with zero attached hydrogens (tertiary/aromatic N) is 3. The minimum absolute atomic E-state index is 0.139. The van der Waals surface area contributed by atoms with Crippen LogP contribution in [0.2, 0.25) is 0 Å². The van der Waals surface area contributed by atoms with E-state index >= 15 is 0 Å². The molecule has 0 aliphatic carbocycles. The Kier molecular flexibility index (Phi) is 7.49. The predicted octanol–water partition coefficient (Wildman–Crippen LogP) is 4.36. The Balaban J connectivity index is 1.30. The summed E-state index contributed by atoms with van der Waals surface area (Å²) in [5.74, 6) is 1.08. The van der Waals surface area contributed by atoms with E-state index in [2.05, 4.69) is 33.0 Å². The molecule has 0 radical (unpaired) electrons. The molecule has 0 amide bonds. The normalized spacial score (nSPS) is 20.3. The number of piperidine rings is 1. The molecule has 1 aromatic heterocycles. The van der Waals surface area contributed by atoms with Crippen molar-refractivity contribution >= 4 is 5.78 Å². The Bertz CT molecular complexity index is 805. The van der Waals surface area contributed by atoms with Gasteiger partial charge in [0.1, 0.15) is 5.75 Å². The Labute approximate surface area is 180 Å². The van der Waals surface area contributed by atoms with Crippen LogP contribution in [0.15, 0.2) is 48.8 Å². The number of pyridine rings is 1. The molecule has 2 aromatic rings. The van der Waals surface area contributed by atoms with Crippen LogP contribution in [0.3, 0.4) is 0 Å². The van der Waals surface area contributed by atoms with Crippen molar-refractivity contribution in [2.24, 2.45) is 0 Å². The third kappa shape index (κ3) is 5.67. The third-order valence-corrected chi connectivity index (χ3v) is 6.27. The number of carbonyl (C=O) groups excluding carboxylic acids is 1. The average Bonchev–Trinajstić information content (AvgIpc) is 3.26. The molecule has 1 unspecified atom stereocenters. The van der Waals surface area contributed by atoms with Gasteiger partial charge in [-0.25, -0.2) is 0 Å². The molecule has 0 saturated carbocycles. The van der Waals surface area contributed by atoms with E-state index in [1.165, 1.54) is 37.9 Å². The summed E-state index contributed by atoms with van der Waals surface area (Å²) >= 11 is 0. The van der Waals surface area contributed by atoms with Crippen LogP contribution in [0.1, 0.15) is 60.5 Å². The molecule has 1 atom stereocenters. The summed E-state index contributed by atoms with van der Waals surface area (Å²) in [7, 11) is 0. The van der Waals surface area contributed by atoms with E-state index in [-0.39, 0.29) is 11.8 Å². The van der Waals surface area contributed by atoms with E-state index in [4.69, 9.17) is 4.74 Å². The fourth-order valence-corrected chi connectivity index (χ4v) is 4.67. The monoisotopic (exact) mass is 407 g/mol. The summed E-state index contributed by atoms with van der Waals surface area (Å²) in [4.78, 5) is 21.6. The first-order chi connectivity index (χ1) is 14.8. The zero-order valence-corrected chi connectivity index (χ0v) is 17.8. The van der Waals surface area contributed by atoms with Gasteiger partial charge in [0.25, 0.3) is 0 Å². The summed E-state index contributed by atoms with van der Waals surface area (Å²) in [6.07, 6.45) is 10.7. The quantitative estimate of drug-likeness (QED) is 0.457. The molecule has 0 spiro atoms. The van der Waals surface area contributed by atoms with Gasteiger partial charge in [0.05, 0.1) is 13.2 Å². The summed E-state index contributed by atoms with van der Waals surface area (Å²) in [6.45, 7) is 5.77. The second kappa shape index (κ2) is 10.7. The molecule has 5 heteroatoms. The zero-order valence-electron chi connectivity index (χ0n) is 17.8. The number of carbonyl (C=O) groups is 1. The van der Waals surface area contributed by atoms with Gasteiger partial charge in [-0.3, -0.25) is 14.7 Å². The minimum Gasteiger partial charge on any atom is -0.494 e. The number of Topliss-reactive ketones (excluding diaryl/α,β-unsaturated/α-hetero) is 1. The number of rotatable bonds is 9. The molecular formula is C25H33N3O2. The van der Waals surface area contributed by atoms with Gasteiger partial charge >= 0.3 is 0 Å². The number of ketones is 1. The van der Waals surface area contributed by atoms with Gasteiger partial charge in [-0.05, 0) is 81.6 Å². The lowest BCUT2D eigenvalue weighted by Crippen LogP contribution is -2.31. The van der Waals surface area contributed by atoms with E-state index in [1.54, 1.807) is 12.4 Å². The van der Waals surface area contributed by atoms with Gasteiger partial charge in [0.2, 0.25) is 0 Å². The summed E-state index contributed by atoms with van der Waals surface area (Å²) in [6, 6.07) is 12.4. The average molecular weight is 408 g/mol. The van der Waals surface area contributed by atoms with Crippen LogP contribution in [0, 0.1) is 0 Å². The second-order valence-electron chi connectivity index (χ2n) is 8.47. The highest BCUT2D eigenvalue weighted by molar-refractivity contribution is 5.97. The van der Waals surface area contributed by atoms with Crippen molar-refractivity contribution in [2.45, 2.75) is 44.6 Å². The van der Waals surface area contributed by atoms with Crippen molar-refractivity contribution in [3.8, 4) is 5.75 Å². The molecule has 2 aliphatic rings. The van der Waals surface area contributed by atoms with E-state index in [9.17, 15) is 4.79 Å². The molecule has 2 aliphatic heterocycles. The van der Waals surface area contributed by atoms with Gasteiger partial charge in [-0.2, -0.15) is 0 Å². The van der Waals surface area contributed by atoms with Crippen molar-refractivity contribution in [3.05, 3.63) is 59.9 Å². The number of likely N-dealkylation sites (tertiary alicyclic amines) is 2. The molecule has 2 fully saturated rings. The SMILES string of the molecule is O=C(CN1CCCC1c1cccc(OCCCN2CCCCC2)c1)c1cccnc1. The molecular weight excluding hydrogens is 374 g/mol. The number of hydrogen-bond donors (Lipinski definition) is 0. The summed E-state index contributed by atoms with van der Waals surface area (Å²) in [5, 5.41) is 0. The van der Waals surface area contributed by atoms with E-state index < -0.39 is 0 Å². The number of ether oxygens (including phenoxy) is 1. The van der Waals surface area contributed by atoms with Crippen LogP contribution < -0.4 is 4.74 Å². The largest absolute Gasteiger partial charge is 0.494 e. The Morgan fingerprint density at radius 1 is 1.07 bits per heavy atom. The molecule has 5 nitrogen and oxygen atoms in total. The Morgan fingerprint density at radius 3 is 2.80 bits per heavy atom. The first-order valence-corrected chi connectivity index (χ1v) is 11.4. The fraction of sp³-hybridized carbons (Fsp3) is 0.520. The Hall–Kier alpha value is -2.24. The van der Waals surface area contributed by atoms with E-state index in [0.29, 0.717) is 12.1 Å². The van der Waals surface area contributed by atoms with Crippen molar-refractivity contribution in [1.29, 1.82) is 0 Å². The molecule has 30 heavy (non-hydrogen) atoms. The number of aromatic nitrogens is 1. The smallest absolute Gasteiger partial charge is 0.178 e. The zero-order chi connectivity index (χ0) is 20.6. The molecule has 0 bridgehead atoms. The minimum atomic E-state index is 0.139. The summed E-state index contributed by atoms with van der Waals surface area (Å²) in [5.41, 5.74) is 1.94. The van der Waals surface area contributed by atoms with Crippen molar-refractivity contribution in [3.63, 3.8) is 0 Å². The highest BCUT2D eigenvalue weighted by atomic mass is 16.5. The Morgan fingerprint density at radius 2 is 1.97 bits per heavy atom. The third-order valence-electron chi connectivity index (χ3n) is 6.27. The second-order valence-corrected chi connectivity index (χ2v) is 8.47. The van der Waals surface area contributed by atoms with Crippen LogP contribution in [-0.2, 0) is 0 Å². The van der Waals surface area contributed by atoms with Gasteiger partial charge in [0, 0.05) is 30.5 Å². The maximum atomic E-state index is 12.6.